The summed E-state index contributed by atoms with van der Waals surface area (Å²) in [7, 11) is 0. The molecule has 0 aliphatic carbocycles. The van der Waals surface area contributed by atoms with Crippen LogP contribution < -0.4 is 0 Å². The highest BCUT2D eigenvalue weighted by Crippen LogP contribution is 2.12. The molecule has 0 saturated carbocycles. The first-order chi connectivity index (χ1) is 4.79. The van der Waals surface area contributed by atoms with E-state index < -0.39 is 0 Å². The van der Waals surface area contributed by atoms with Crippen LogP contribution in [-0.4, -0.2) is 9.55 Å². The lowest BCUT2D eigenvalue weighted by Crippen LogP contribution is -1.98. The summed E-state index contributed by atoms with van der Waals surface area (Å²) in [5, 5.41) is 0.651. The van der Waals surface area contributed by atoms with Crippen LogP contribution in [0.25, 0.3) is 0 Å². The zero-order valence-corrected chi connectivity index (χ0v) is 7.15. The lowest BCUT2D eigenvalue weighted by Gasteiger charge is -2.00. The topological polar surface area (TPSA) is 17.8 Å². The van der Waals surface area contributed by atoms with E-state index in [-0.39, 0.29) is 0 Å². The summed E-state index contributed by atoms with van der Waals surface area (Å²) < 4.78 is 1.87. The molecule has 1 aromatic rings. The third kappa shape index (κ3) is 1.27. The summed E-state index contributed by atoms with van der Waals surface area (Å²) in [5.74, 6) is 1.25. The molecular weight excluding hydrogens is 171 g/mol. The Morgan fingerprint density at radius 2 is 2.40 bits per heavy atom. The fourth-order valence-corrected chi connectivity index (χ4v) is 1.31. The molecule has 10 heavy (non-hydrogen) atoms. The van der Waals surface area contributed by atoms with Gasteiger partial charge in [0.2, 0.25) is 0 Å². The van der Waals surface area contributed by atoms with E-state index in [0.717, 1.165) is 12.4 Å². The number of nitrogens with zero attached hydrogens (tertiary/aromatic N) is 2. The highest BCUT2D eigenvalue weighted by molar-refractivity contribution is 6.29. The highest BCUT2D eigenvalue weighted by atomic mass is 35.5. The van der Waals surface area contributed by atoms with Gasteiger partial charge in [-0.25, -0.2) is 4.98 Å². The van der Waals surface area contributed by atoms with Crippen molar-refractivity contribution in [3.8, 4) is 0 Å². The Kier molecular flexibility index (Phi) is 2.57. The van der Waals surface area contributed by atoms with Gasteiger partial charge in [-0.3, -0.25) is 0 Å². The second-order valence-electron chi connectivity index (χ2n) is 1.88. The van der Waals surface area contributed by atoms with E-state index in [2.05, 4.69) is 4.98 Å². The van der Waals surface area contributed by atoms with Crippen molar-refractivity contribution in [2.75, 3.05) is 0 Å². The number of alkyl halides is 1. The first-order valence-corrected chi connectivity index (χ1v) is 3.96. The largest absolute Gasteiger partial charge is 0.318 e. The quantitative estimate of drug-likeness (QED) is 0.637. The van der Waals surface area contributed by atoms with E-state index in [4.69, 9.17) is 23.2 Å². The molecule has 0 spiro atoms. The maximum atomic E-state index is 5.77. The van der Waals surface area contributed by atoms with E-state index in [1.807, 2.05) is 11.5 Å². The second-order valence-corrected chi connectivity index (χ2v) is 2.53. The third-order valence-electron chi connectivity index (χ3n) is 1.33. The minimum absolute atomic E-state index is 0.417. The molecule has 1 aromatic heterocycles. The molecule has 0 atom stereocenters. The maximum absolute atomic E-state index is 5.77. The normalized spacial score (nSPS) is 10.3. The Bertz CT molecular complexity index is 220. The molecule has 0 radical (unpaired) electrons. The van der Waals surface area contributed by atoms with Gasteiger partial charge in [-0.1, -0.05) is 11.6 Å². The number of hydrogen-bond donors (Lipinski definition) is 0. The van der Waals surface area contributed by atoms with Gasteiger partial charge in [0.05, 0.1) is 12.1 Å². The summed E-state index contributed by atoms with van der Waals surface area (Å²) >= 11 is 11.3. The highest BCUT2D eigenvalue weighted by Gasteiger charge is 2.03. The monoisotopic (exact) mass is 178 g/mol. The lowest BCUT2D eigenvalue weighted by atomic mass is 10.6. The molecule has 0 aliphatic rings. The third-order valence-corrected chi connectivity index (χ3v) is 1.87. The molecule has 1 heterocycles. The van der Waals surface area contributed by atoms with E-state index in [1.165, 1.54) is 0 Å². The molecule has 4 heteroatoms. The van der Waals surface area contributed by atoms with Crippen LogP contribution in [0.15, 0.2) is 6.20 Å². The zero-order chi connectivity index (χ0) is 7.56. The average Bonchev–Trinajstić information content (AvgIpc) is 2.30. The van der Waals surface area contributed by atoms with Gasteiger partial charge in [-0.15, -0.1) is 11.6 Å². The lowest BCUT2D eigenvalue weighted by molar-refractivity contribution is 0.725. The molecule has 0 aromatic carbocycles. The molecule has 0 unspecified atom stereocenters. The number of hydrogen-bond acceptors (Lipinski definition) is 1. The molecule has 0 N–H and O–H groups in total. The number of halogens is 2. The van der Waals surface area contributed by atoms with Crippen molar-refractivity contribution in [2.45, 2.75) is 19.3 Å². The predicted octanol–water partition coefficient (Wildman–Crippen LogP) is 2.30. The standard InChI is InChI=1S/C6H8Cl2N2/c1-2-10-5(8)4-9-6(10)3-7/h4H,2-3H2,1H3. The zero-order valence-electron chi connectivity index (χ0n) is 5.64. The fraction of sp³-hybridized carbons (Fsp3) is 0.500. The molecule has 56 valence electrons. The first-order valence-electron chi connectivity index (χ1n) is 3.05. The number of imidazole rings is 1. The molecular formula is C6H8Cl2N2. The molecule has 0 saturated heterocycles. The van der Waals surface area contributed by atoms with Gasteiger partial charge in [0.15, 0.2) is 0 Å². The van der Waals surface area contributed by atoms with Crippen LogP contribution in [0.1, 0.15) is 12.7 Å². The summed E-state index contributed by atoms with van der Waals surface area (Å²) in [6, 6.07) is 0. The van der Waals surface area contributed by atoms with Crippen LogP contribution in [0.2, 0.25) is 5.15 Å². The Hall–Kier alpha value is -0.210. The average molecular weight is 179 g/mol. The summed E-state index contributed by atoms with van der Waals surface area (Å²) in [6.07, 6.45) is 1.61. The van der Waals surface area contributed by atoms with E-state index >= 15 is 0 Å². The van der Waals surface area contributed by atoms with Gasteiger partial charge >= 0.3 is 0 Å². The molecule has 2 nitrogen and oxygen atoms in total. The summed E-state index contributed by atoms with van der Waals surface area (Å²) in [4.78, 5) is 4.00. The fourth-order valence-electron chi connectivity index (χ4n) is 0.831. The van der Waals surface area contributed by atoms with Crippen molar-refractivity contribution in [2.24, 2.45) is 0 Å². The van der Waals surface area contributed by atoms with Gasteiger partial charge in [0, 0.05) is 6.54 Å². The van der Waals surface area contributed by atoms with Crippen molar-refractivity contribution < 1.29 is 0 Å². The van der Waals surface area contributed by atoms with Gasteiger partial charge < -0.3 is 4.57 Å². The minimum Gasteiger partial charge on any atom is -0.318 e. The smallest absolute Gasteiger partial charge is 0.128 e. The van der Waals surface area contributed by atoms with Crippen LogP contribution in [0, 0.1) is 0 Å². The SMILES string of the molecule is CCn1c(Cl)cnc1CCl. The van der Waals surface area contributed by atoms with E-state index in [9.17, 15) is 0 Å². The summed E-state index contributed by atoms with van der Waals surface area (Å²) in [5.41, 5.74) is 0. The molecule has 0 aliphatic heterocycles. The molecule has 0 amide bonds. The summed E-state index contributed by atoms with van der Waals surface area (Å²) in [6.45, 7) is 2.82. The van der Waals surface area contributed by atoms with Crippen molar-refractivity contribution in [1.82, 2.24) is 9.55 Å². The van der Waals surface area contributed by atoms with Crippen LogP contribution in [0.3, 0.4) is 0 Å². The maximum Gasteiger partial charge on any atom is 0.128 e. The predicted molar refractivity (Wildman–Crippen MR) is 42.5 cm³/mol. The molecule has 0 fully saturated rings. The van der Waals surface area contributed by atoms with E-state index in [0.29, 0.717) is 11.0 Å². The number of rotatable bonds is 2. The van der Waals surface area contributed by atoms with Crippen LogP contribution in [0.5, 0.6) is 0 Å². The Balaban J connectivity index is 3.01. The van der Waals surface area contributed by atoms with Crippen molar-refractivity contribution in [3.05, 3.63) is 17.2 Å². The Morgan fingerprint density at radius 3 is 2.80 bits per heavy atom. The van der Waals surface area contributed by atoms with E-state index in [1.54, 1.807) is 6.20 Å². The van der Waals surface area contributed by atoms with Gasteiger partial charge in [0.25, 0.3) is 0 Å². The molecule has 1 rings (SSSR count). The number of aromatic nitrogens is 2. The van der Waals surface area contributed by atoms with Crippen LogP contribution >= 0.6 is 23.2 Å². The van der Waals surface area contributed by atoms with Crippen LogP contribution in [0.4, 0.5) is 0 Å². The van der Waals surface area contributed by atoms with Crippen LogP contribution in [-0.2, 0) is 12.4 Å². The Labute approximate surface area is 69.8 Å². The van der Waals surface area contributed by atoms with Gasteiger partial charge in [-0.05, 0) is 6.92 Å². The minimum atomic E-state index is 0.417. The Morgan fingerprint density at radius 1 is 1.70 bits per heavy atom. The first kappa shape index (κ1) is 7.89. The molecule has 0 bridgehead atoms. The van der Waals surface area contributed by atoms with Crippen molar-refractivity contribution >= 4 is 23.2 Å². The van der Waals surface area contributed by atoms with Crippen molar-refractivity contribution in [3.63, 3.8) is 0 Å². The van der Waals surface area contributed by atoms with Gasteiger partial charge in [0.1, 0.15) is 11.0 Å². The van der Waals surface area contributed by atoms with Gasteiger partial charge in [-0.2, -0.15) is 0 Å². The second kappa shape index (κ2) is 3.26. The van der Waals surface area contributed by atoms with Crippen molar-refractivity contribution in [1.29, 1.82) is 0 Å².